The fourth-order valence-corrected chi connectivity index (χ4v) is 8.28. The van der Waals surface area contributed by atoms with Crippen LogP contribution in [0.4, 0.5) is 0 Å². The van der Waals surface area contributed by atoms with Crippen LogP contribution in [0.25, 0.3) is 0 Å². The molecule has 4 aliphatic rings. The molecule has 4 heteroatoms. The van der Waals surface area contributed by atoms with Crippen LogP contribution in [0.5, 0.6) is 0 Å². The van der Waals surface area contributed by atoms with Crippen LogP contribution >= 0.6 is 0 Å². The van der Waals surface area contributed by atoms with E-state index in [1.165, 1.54) is 18.9 Å². The van der Waals surface area contributed by atoms with Gasteiger partial charge in [-0.2, -0.15) is 0 Å². The lowest BCUT2D eigenvalue weighted by Crippen LogP contribution is -2.64. The third-order valence-corrected chi connectivity index (χ3v) is 10.9. The molecule has 3 saturated carbocycles. The maximum Gasteiger partial charge on any atom is 0.302 e. The summed E-state index contributed by atoms with van der Waals surface area (Å²) in [5.74, 6) is 2.54. The predicted octanol–water partition coefficient (Wildman–Crippen LogP) is 6.28. The van der Waals surface area contributed by atoms with Crippen LogP contribution in [0.1, 0.15) is 93.4 Å². The van der Waals surface area contributed by atoms with Crippen molar-refractivity contribution in [2.45, 2.75) is 105 Å². The van der Waals surface area contributed by atoms with Crippen molar-refractivity contribution in [3.05, 3.63) is 23.8 Å². The molecule has 4 aliphatic carbocycles. The second-order valence-corrected chi connectivity index (χ2v) is 12.9. The molecular weight excluding hydrogens is 424 g/mol. The van der Waals surface area contributed by atoms with Gasteiger partial charge in [-0.1, -0.05) is 59.3 Å². The summed E-state index contributed by atoms with van der Waals surface area (Å²) in [6.45, 7) is 15.2. The first kappa shape index (κ1) is 25.7. The van der Waals surface area contributed by atoms with E-state index in [2.05, 4.69) is 53.7 Å². The third kappa shape index (κ3) is 3.92. The number of rotatable bonds is 5. The number of ketones is 1. The second kappa shape index (κ2) is 8.91. The van der Waals surface area contributed by atoms with Gasteiger partial charge in [-0.05, 0) is 85.5 Å². The molecular formula is C30H46O4. The first-order valence-electron chi connectivity index (χ1n) is 13.7. The van der Waals surface area contributed by atoms with Gasteiger partial charge in [0.15, 0.2) is 5.78 Å². The van der Waals surface area contributed by atoms with Gasteiger partial charge < -0.3 is 9.84 Å². The summed E-state index contributed by atoms with van der Waals surface area (Å²) < 4.78 is 5.44. The van der Waals surface area contributed by atoms with Gasteiger partial charge in [0, 0.05) is 18.8 Å². The highest BCUT2D eigenvalue weighted by Gasteiger charge is 2.65. The van der Waals surface area contributed by atoms with E-state index in [0.717, 1.165) is 25.7 Å². The Balaban J connectivity index is 1.60. The van der Waals surface area contributed by atoms with Crippen LogP contribution in [0, 0.1) is 46.3 Å². The highest BCUT2D eigenvalue weighted by Crippen LogP contribution is 2.67. The predicted molar refractivity (Wildman–Crippen MR) is 135 cm³/mol. The Bertz CT molecular complexity index is 886. The van der Waals surface area contributed by atoms with Gasteiger partial charge in [-0.3, -0.25) is 9.59 Å². The van der Waals surface area contributed by atoms with Crippen LogP contribution in [0.2, 0.25) is 0 Å². The number of aliphatic hydroxyl groups is 1. The number of fused-ring (bicyclic) bond motifs is 5. The Labute approximate surface area is 206 Å². The average molecular weight is 471 g/mol. The molecule has 1 N–H and O–H groups in total. The standard InChI is InChI=1S/C30H46O4/c1-18(2)19(3)8-9-20(4)24-10-11-25-23-16-27(32)30(33)17-22(34-21(5)31)12-15-29(30,7)26(23)13-14-28(24,25)6/h8-9,16,18-20,22,24-26,33H,10-15,17H2,1-7H3. The largest absolute Gasteiger partial charge is 0.462 e. The smallest absolute Gasteiger partial charge is 0.302 e. The van der Waals surface area contributed by atoms with Gasteiger partial charge in [-0.15, -0.1) is 0 Å². The summed E-state index contributed by atoms with van der Waals surface area (Å²) in [5.41, 5.74) is -0.406. The lowest BCUT2D eigenvalue weighted by molar-refractivity contribution is -0.188. The van der Waals surface area contributed by atoms with E-state index >= 15 is 0 Å². The summed E-state index contributed by atoms with van der Waals surface area (Å²) in [7, 11) is 0. The first-order valence-corrected chi connectivity index (χ1v) is 13.7. The van der Waals surface area contributed by atoms with Crippen molar-refractivity contribution in [3.8, 4) is 0 Å². The Kier molecular flexibility index (Phi) is 6.72. The number of allylic oxidation sites excluding steroid dienone is 3. The number of hydrogen-bond donors (Lipinski definition) is 1. The van der Waals surface area contributed by atoms with Crippen LogP contribution in [0.15, 0.2) is 23.8 Å². The minimum absolute atomic E-state index is 0.162. The summed E-state index contributed by atoms with van der Waals surface area (Å²) in [4.78, 5) is 25.0. The molecule has 0 bridgehead atoms. The Morgan fingerprint density at radius 3 is 2.41 bits per heavy atom. The van der Waals surface area contributed by atoms with E-state index in [-0.39, 0.29) is 35.6 Å². The minimum Gasteiger partial charge on any atom is -0.462 e. The fourth-order valence-electron chi connectivity index (χ4n) is 8.28. The van der Waals surface area contributed by atoms with Gasteiger partial charge in [0.05, 0.1) is 0 Å². The first-order chi connectivity index (χ1) is 15.8. The van der Waals surface area contributed by atoms with Crippen molar-refractivity contribution in [1.82, 2.24) is 0 Å². The summed E-state index contributed by atoms with van der Waals surface area (Å²) in [6.07, 6.45) is 12.5. The van der Waals surface area contributed by atoms with Crippen molar-refractivity contribution in [2.24, 2.45) is 46.3 Å². The molecule has 0 aromatic heterocycles. The summed E-state index contributed by atoms with van der Waals surface area (Å²) in [5, 5.41) is 11.8. The molecule has 4 rings (SSSR count). The third-order valence-electron chi connectivity index (χ3n) is 10.9. The van der Waals surface area contributed by atoms with Gasteiger partial charge >= 0.3 is 5.97 Å². The van der Waals surface area contributed by atoms with Gasteiger partial charge in [-0.25, -0.2) is 0 Å². The lowest BCUT2D eigenvalue weighted by Gasteiger charge is -2.60. The molecule has 34 heavy (non-hydrogen) atoms. The van der Waals surface area contributed by atoms with Crippen molar-refractivity contribution in [2.75, 3.05) is 0 Å². The zero-order valence-corrected chi connectivity index (χ0v) is 22.4. The number of hydrogen-bond acceptors (Lipinski definition) is 4. The number of carbonyl (C=O) groups excluding carboxylic acids is 2. The molecule has 9 atom stereocenters. The molecule has 0 radical (unpaired) electrons. The number of ether oxygens (including phenoxy) is 1. The number of carbonyl (C=O) groups is 2. The monoisotopic (exact) mass is 470 g/mol. The van der Waals surface area contributed by atoms with Crippen molar-refractivity contribution < 1.29 is 19.4 Å². The molecule has 0 aromatic carbocycles. The van der Waals surface area contributed by atoms with E-state index in [1.54, 1.807) is 0 Å². The Morgan fingerprint density at radius 2 is 1.76 bits per heavy atom. The molecule has 0 amide bonds. The number of esters is 1. The Morgan fingerprint density at radius 1 is 1.06 bits per heavy atom. The molecule has 3 fully saturated rings. The van der Waals surface area contributed by atoms with Crippen molar-refractivity contribution in [1.29, 1.82) is 0 Å². The lowest BCUT2D eigenvalue weighted by atomic mass is 9.46. The topological polar surface area (TPSA) is 63.6 Å². The zero-order chi connectivity index (χ0) is 25.1. The molecule has 0 aromatic rings. The minimum atomic E-state index is -1.44. The Hall–Kier alpha value is -1.42. The molecule has 0 aliphatic heterocycles. The summed E-state index contributed by atoms with van der Waals surface area (Å²) in [6, 6.07) is 0. The van der Waals surface area contributed by atoms with E-state index in [1.807, 2.05) is 6.08 Å². The van der Waals surface area contributed by atoms with Crippen LogP contribution < -0.4 is 0 Å². The maximum absolute atomic E-state index is 13.5. The second-order valence-electron chi connectivity index (χ2n) is 12.9. The molecule has 4 nitrogen and oxygen atoms in total. The quantitative estimate of drug-likeness (QED) is 0.380. The van der Waals surface area contributed by atoms with Gasteiger partial charge in [0.25, 0.3) is 0 Å². The maximum atomic E-state index is 13.5. The van der Waals surface area contributed by atoms with Gasteiger partial charge in [0.1, 0.15) is 11.7 Å². The zero-order valence-electron chi connectivity index (χ0n) is 22.4. The van der Waals surface area contributed by atoms with Gasteiger partial charge in [0.2, 0.25) is 0 Å². The highest BCUT2D eigenvalue weighted by atomic mass is 16.5. The summed E-state index contributed by atoms with van der Waals surface area (Å²) >= 11 is 0. The van der Waals surface area contributed by atoms with Crippen molar-refractivity contribution in [3.63, 3.8) is 0 Å². The fraction of sp³-hybridized carbons (Fsp3) is 0.800. The van der Waals surface area contributed by atoms with E-state index in [0.29, 0.717) is 36.0 Å². The van der Waals surface area contributed by atoms with Crippen molar-refractivity contribution >= 4 is 11.8 Å². The van der Waals surface area contributed by atoms with E-state index in [9.17, 15) is 14.7 Å². The average Bonchev–Trinajstić information content (AvgIpc) is 3.11. The van der Waals surface area contributed by atoms with E-state index in [4.69, 9.17) is 4.74 Å². The van der Waals surface area contributed by atoms with Crippen LogP contribution in [-0.2, 0) is 14.3 Å². The normalized spacial score (nSPS) is 43.7. The molecule has 9 unspecified atom stereocenters. The highest BCUT2D eigenvalue weighted by molar-refractivity contribution is 5.99. The SMILES string of the molecule is CC(=O)OC1CCC2(C)C3CCC4(C)C(CCC4C(C)C=CC(C)C(C)C)C3=CC(=O)C2(O)C1. The van der Waals surface area contributed by atoms with E-state index < -0.39 is 11.0 Å². The van der Waals surface area contributed by atoms with Crippen LogP contribution in [0.3, 0.4) is 0 Å². The molecule has 0 spiro atoms. The molecule has 0 saturated heterocycles. The van der Waals surface area contributed by atoms with Crippen LogP contribution in [-0.4, -0.2) is 28.6 Å². The molecule has 0 heterocycles. The molecule has 190 valence electrons.